The third-order valence-electron chi connectivity index (χ3n) is 13.4. The highest BCUT2D eigenvalue weighted by Gasteiger charge is 2.53. The summed E-state index contributed by atoms with van der Waals surface area (Å²) in [6.45, 7) is 4.28. The Bertz CT molecular complexity index is 2630. The molecule has 0 amide bonds. The van der Waals surface area contributed by atoms with Crippen molar-refractivity contribution < 1.29 is 47.1 Å². The van der Waals surface area contributed by atoms with Crippen molar-refractivity contribution in [3.8, 4) is 28.7 Å². The van der Waals surface area contributed by atoms with Gasteiger partial charge in [-0.05, 0) is 84.9 Å². The standard InChI is InChI=1S/C57H73N4O9PS/c1-4-5-6-7-8-9-10-11-12-13-14-15-16-17-18-19-35-66-71(64,65)67-36-34-61(2,3)41-43-22-20-42(21-23-43)40-59-56(72)60-45-26-31-50-49(37-45)55(63)70-57(50)51-32-27-46(62)38-53(51)69-54-39-48(30-33-52(54)57)68-47-28-24-44(58)25-29-47/h20-33,37-39H,4-19,34-36,40-41,58H2,1-3H3,(H3-,59,60,62,64,65,72)/p+1. The zero-order valence-electron chi connectivity index (χ0n) is 42.3. The minimum atomic E-state index is -4.11. The van der Waals surface area contributed by atoms with Crippen LogP contribution in [0, 0.1) is 0 Å². The molecule has 0 saturated carbocycles. The first-order valence-corrected chi connectivity index (χ1v) is 27.8. The molecule has 1 spiro atoms. The molecule has 2 aliphatic heterocycles. The highest BCUT2D eigenvalue weighted by molar-refractivity contribution is 7.80. The number of phenols is 1. The van der Waals surface area contributed by atoms with Crippen LogP contribution < -0.4 is 25.8 Å². The fourth-order valence-electron chi connectivity index (χ4n) is 9.47. The van der Waals surface area contributed by atoms with E-state index in [1.807, 2.05) is 30.3 Å². The lowest BCUT2D eigenvalue weighted by Crippen LogP contribution is -2.41. The van der Waals surface area contributed by atoms with E-state index in [4.69, 9.17) is 41.2 Å². The number of quaternary nitrogens is 1. The van der Waals surface area contributed by atoms with Crippen molar-refractivity contribution in [2.24, 2.45) is 0 Å². The molecule has 0 aromatic heterocycles. The topological polar surface area (TPSA) is 171 Å². The van der Waals surface area contributed by atoms with Crippen molar-refractivity contribution in [1.29, 1.82) is 0 Å². The van der Waals surface area contributed by atoms with E-state index in [0.717, 1.165) is 30.4 Å². The first-order chi connectivity index (χ1) is 34.7. The van der Waals surface area contributed by atoms with Crippen molar-refractivity contribution in [2.45, 2.75) is 128 Å². The number of benzene rings is 5. The Morgan fingerprint density at radius 2 is 1.25 bits per heavy atom. The molecule has 13 nitrogen and oxygen atoms in total. The Morgan fingerprint density at radius 1 is 0.694 bits per heavy atom. The number of rotatable bonds is 29. The number of nitrogens with one attached hydrogen (secondary N) is 2. The van der Waals surface area contributed by atoms with Gasteiger partial charge in [0.05, 0.1) is 26.3 Å². The van der Waals surface area contributed by atoms with Gasteiger partial charge in [0.15, 0.2) is 10.7 Å². The van der Waals surface area contributed by atoms with Crippen LogP contribution >= 0.6 is 20.0 Å². The number of hydrogen-bond acceptors (Lipinski definition) is 10. The van der Waals surface area contributed by atoms with Gasteiger partial charge in [0.1, 0.15) is 48.4 Å². The Kier molecular flexibility index (Phi) is 19.6. The number of nitrogens with two attached hydrogens (primary N) is 1. The summed E-state index contributed by atoms with van der Waals surface area (Å²) < 4.78 is 42.5. The zero-order valence-corrected chi connectivity index (χ0v) is 44.0. The summed E-state index contributed by atoms with van der Waals surface area (Å²) in [5.74, 6) is 1.32. The number of esters is 1. The highest BCUT2D eigenvalue weighted by atomic mass is 32.1. The lowest BCUT2D eigenvalue weighted by Gasteiger charge is -2.36. The molecule has 0 fully saturated rings. The van der Waals surface area contributed by atoms with Gasteiger partial charge in [0.2, 0.25) is 0 Å². The number of nitrogens with zero attached hydrogens (tertiary/aromatic N) is 1. The predicted octanol–water partition coefficient (Wildman–Crippen LogP) is 13.8. The Balaban J connectivity index is 0.816. The molecule has 0 aliphatic carbocycles. The number of thiocarbonyl (C=S) groups is 1. The van der Waals surface area contributed by atoms with Crippen LogP contribution in [0.1, 0.15) is 148 Å². The molecule has 7 rings (SSSR count). The molecule has 0 radical (unpaired) electrons. The third kappa shape index (κ3) is 15.3. The van der Waals surface area contributed by atoms with Crippen LogP contribution in [-0.4, -0.2) is 59.4 Å². The quantitative estimate of drug-likeness (QED) is 0.00766. The number of phosphoric ester groups is 1. The maximum absolute atomic E-state index is 13.8. The molecule has 15 heteroatoms. The second kappa shape index (κ2) is 26.0. The number of likely N-dealkylation sites (N-methyl/N-ethyl adjacent to an activating group) is 1. The van der Waals surface area contributed by atoms with Crippen LogP contribution in [0.4, 0.5) is 11.4 Å². The van der Waals surface area contributed by atoms with E-state index in [1.165, 1.54) is 89.5 Å². The molecule has 5 aromatic rings. The van der Waals surface area contributed by atoms with E-state index in [9.17, 15) is 19.4 Å². The molecule has 72 heavy (non-hydrogen) atoms. The van der Waals surface area contributed by atoms with Gasteiger partial charge in [-0.1, -0.05) is 134 Å². The van der Waals surface area contributed by atoms with Gasteiger partial charge in [-0.2, -0.15) is 0 Å². The molecule has 386 valence electrons. The SMILES string of the molecule is CCCCCCCCCCCCCCCCCCOP(=O)(O)OCC[N+](C)(C)Cc1ccc(CNC(=S)Nc2ccc3c(c2)C(=O)OC32c3ccc(O)cc3Oc3cc(Oc4ccc(N)cc4)ccc32)cc1. The Hall–Kier alpha value is -5.47. The normalized spacial score (nSPS) is 15.5. The number of phosphoric acid groups is 1. The Labute approximate surface area is 431 Å². The van der Waals surface area contributed by atoms with E-state index in [2.05, 4.69) is 43.8 Å². The van der Waals surface area contributed by atoms with Crippen molar-refractivity contribution in [1.82, 2.24) is 5.32 Å². The van der Waals surface area contributed by atoms with Crippen LogP contribution in [0.25, 0.3) is 0 Å². The van der Waals surface area contributed by atoms with Crippen molar-refractivity contribution in [3.05, 3.63) is 137 Å². The van der Waals surface area contributed by atoms with Gasteiger partial charge < -0.3 is 45.1 Å². The number of carbonyl (C=O) groups is 1. The van der Waals surface area contributed by atoms with Crippen LogP contribution in [0.2, 0.25) is 0 Å². The van der Waals surface area contributed by atoms with Gasteiger partial charge in [0.25, 0.3) is 0 Å². The number of aromatic hydroxyl groups is 1. The molecule has 2 heterocycles. The van der Waals surface area contributed by atoms with Gasteiger partial charge >= 0.3 is 13.8 Å². The monoisotopic (exact) mass is 1020 g/mol. The van der Waals surface area contributed by atoms with E-state index >= 15 is 0 Å². The van der Waals surface area contributed by atoms with Gasteiger partial charge in [-0.25, -0.2) is 9.36 Å². The number of ether oxygens (including phenoxy) is 3. The average molecular weight is 1020 g/mol. The fourth-order valence-corrected chi connectivity index (χ4v) is 10.4. The number of anilines is 2. The lowest BCUT2D eigenvalue weighted by atomic mass is 9.77. The van der Waals surface area contributed by atoms with Crippen molar-refractivity contribution in [3.63, 3.8) is 0 Å². The van der Waals surface area contributed by atoms with E-state index in [-0.39, 0.29) is 19.0 Å². The highest BCUT2D eigenvalue weighted by Crippen LogP contribution is 2.57. The summed E-state index contributed by atoms with van der Waals surface area (Å²) >= 11 is 5.68. The summed E-state index contributed by atoms with van der Waals surface area (Å²) in [5.41, 5.74) is 10.0. The van der Waals surface area contributed by atoms with Crippen molar-refractivity contribution >= 4 is 42.5 Å². The molecule has 2 aliphatic rings. The minimum absolute atomic E-state index is 0.00232. The van der Waals surface area contributed by atoms with Gasteiger partial charge in [-0.15, -0.1) is 0 Å². The van der Waals surface area contributed by atoms with E-state index in [0.29, 0.717) is 85.9 Å². The molecule has 2 unspecified atom stereocenters. The molecule has 2 atom stereocenters. The number of carbonyl (C=O) groups excluding carboxylic acids is 1. The lowest BCUT2D eigenvalue weighted by molar-refractivity contribution is -0.903. The maximum atomic E-state index is 13.8. The summed E-state index contributed by atoms with van der Waals surface area (Å²) in [4.78, 5) is 24.1. The maximum Gasteiger partial charge on any atom is 0.472 e. The number of unbranched alkanes of at least 4 members (excludes halogenated alkanes) is 15. The molecular formula is C57H74N4O9PS+. The second-order valence-electron chi connectivity index (χ2n) is 19.8. The summed E-state index contributed by atoms with van der Waals surface area (Å²) in [7, 11) is 0.00470. The molecule has 6 N–H and O–H groups in total. The Morgan fingerprint density at radius 3 is 1.90 bits per heavy atom. The van der Waals surface area contributed by atoms with E-state index < -0.39 is 19.4 Å². The first kappa shape index (κ1) is 54.3. The molecule has 5 aromatic carbocycles. The molecule has 0 saturated heterocycles. The van der Waals surface area contributed by atoms with Crippen LogP contribution in [-0.2, 0) is 37.0 Å². The third-order valence-corrected chi connectivity index (χ3v) is 14.7. The number of fused-ring (bicyclic) bond motifs is 6. The summed E-state index contributed by atoms with van der Waals surface area (Å²) in [6, 6.07) is 30.8. The zero-order chi connectivity index (χ0) is 51.0. The second-order valence-corrected chi connectivity index (χ2v) is 21.7. The average Bonchev–Trinajstić information content (AvgIpc) is 3.63. The van der Waals surface area contributed by atoms with Crippen LogP contribution in [0.3, 0.4) is 0 Å². The fraction of sp³-hybridized carbons (Fsp3) is 0.439. The number of phenolic OH excluding ortho intramolecular Hbond substituents is 1. The smallest absolute Gasteiger partial charge is 0.472 e. The molecular weight excluding hydrogens is 948 g/mol. The summed E-state index contributed by atoms with van der Waals surface area (Å²) in [6.07, 6.45) is 20.3. The summed E-state index contributed by atoms with van der Waals surface area (Å²) in [5, 5.41) is 17.3. The minimum Gasteiger partial charge on any atom is -0.508 e. The van der Waals surface area contributed by atoms with E-state index in [1.54, 1.807) is 54.6 Å². The molecule has 0 bridgehead atoms. The predicted molar refractivity (Wildman–Crippen MR) is 289 cm³/mol. The van der Waals surface area contributed by atoms with Crippen LogP contribution in [0.15, 0.2) is 103 Å². The van der Waals surface area contributed by atoms with Crippen molar-refractivity contribution in [2.75, 3.05) is 44.9 Å². The first-order valence-electron chi connectivity index (χ1n) is 25.9. The van der Waals surface area contributed by atoms with Crippen LogP contribution in [0.5, 0.6) is 28.7 Å². The largest absolute Gasteiger partial charge is 0.508 e. The van der Waals surface area contributed by atoms with Gasteiger partial charge in [0, 0.05) is 52.3 Å². The van der Waals surface area contributed by atoms with Gasteiger partial charge in [-0.3, -0.25) is 9.05 Å². The number of nitrogen functional groups attached to an aromatic ring is 1. The number of hydrogen-bond donors (Lipinski definition) is 5.